The number of carboxylic acid groups (broad SMARTS) is 1. The molecule has 2 aromatic rings. The van der Waals surface area contributed by atoms with E-state index in [1.165, 1.54) is 16.2 Å². The number of benzene rings is 1. The highest BCUT2D eigenvalue weighted by molar-refractivity contribution is 7.13. The predicted molar refractivity (Wildman–Crippen MR) is 92.0 cm³/mol. The van der Waals surface area contributed by atoms with Crippen LogP contribution in [0.2, 0.25) is 0 Å². The number of nitrogens with zero attached hydrogens (tertiary/aromatic N) is 2. The van der Waals surface area contributed by atoms with E-state index in [0.717, 1.165) is 11.3 Å². The van der Waals surface area contributed by atoms with Crippen LogP contribution < -0.4 is 4.74 Å². The average Bonchev–Trinajstić information content (AvgIpc) is 3.12. The molecular weight excluding hydrogens is 344 g/mol. The molecule has 1 aromatic carbocycles. The van der Waals surface area contributed by atoms with Crippen molar-refractivity contribution in [3.63, 3.8) is 0 Å². The van der Waals surface area contributed by atoms with E-state index in [2.05, 4.69) is 4.98 Å². The fourth-order valence-corrected chi connectivity index (χ4v) is 3.36. The predicted octanol–water partition coefficient (Wildman–Crippen LogP) is 2.13. The maximum Gasteiger partial charge on any atom is 0.328 e. The standard InChI is InChI=1S/C17H18N2O5S/c1-2-24-12-5-3-11(4-6-12)15-18-13(10-25-15)16(20)19-7-8-23-9-14(19)17(21)22/h3-6,10,14H,2,7-9H2,1H3,(H,21,22). The molecule has 1 unspecified atom stereocenters. The van der Waals surface area contributed by atoms with Crippen LogP contribution in [0.15, 0.2) is 29.6 Å². The fourth-order valence-electron chi connectivity index (χ4n) is 2.56. The highest BCUT2D eigenvalue weighted by atomic mass is 32.1. The number of morpholine rings is 1. The molecule has 0 spiro atoms. The number of aliphatic carboxylic acids is 1. The first-order valence-electron chi connectivity index (χ1n) is 7.90. The van der Waals surface area contributed by atoms with Gasteiger partial charge in [0.05, 0.1) is 19.8 Å². The van der Waals surface area contributed by atoms with E-state index in [1.54, 1.807) is 5.38 Å². The molecule has 132 valence electrons. The third kappa shape index (κ3) is 3.80. The maximum atomic E-state index is 12.6. The molecule has 3 rings (SSSR count). The van der Waals surface area contributed by atoms with Crippen LogP contribution in [0.5, 0.6) is 5.75 Å². The monoisotopic (exact) mass is 362 g/mol. The van der Waals surface area contributed by atoms with E-state index in [4.69, 9.17) is 9.47 Å². The van der Waals surface area contributed by atoms with Crippen molar-refractivity contribution in [1.29, 1.82) is 0 Å². The van der Waals surface area contributed by atoms with Crippen LogP contribution in [0.3, 0.4) is 0 Å². The lowest BCUT2D eigenvalue weighted by atomic mass is 10.2. The summed E-state index contributed by atoms with van der Waals surface area (Å²) in [7, 11) is 0. The summed E-state index contributed by atoms with van der Waals surface area (Å²) in [5.41, 5.74) is 1.13. The summed E-state index contributed by atoms with van der Waals surface area (Å²) in [4.78, 5) is 29.6. The van der Waals surface area contributed by atoms with Gasteiger partial charge >= 0.3 is 5.97 Å². The van der Waals surface area contributed by atoms with Crippen molar-refractivity contribution in [3.05, 3.63) is 35.3 Å². The minimum absolute atomic E-state index is 0.00302. The zero-order chi connectivity index (χ0) is 17.8. The van der Waals surface area contributed by atoms with Gasteiger partial charge in [-0.25, -0.2) is 9.78 Å². The van der Waals surface area contributed by atoms with Crippen molar-refractivity contribution in [3.8, 4) is 16.3 Å². The number of rotatable bonds is 5. The van der Waals surface area contributed by atoms with E-state index in [0.29, 0.717) is 18.2 Å². The minimum atomic E-state index is -1.07. The van der Waals surface area contributed by atoms with Crippen molar-refractivity contribution in [2.24, 2.45) is 0 Å². The van der Waals surface area contributed by atoms with Crippen molar-refractivity contribution < 1.29 is 24.2 Å². The Morgan fingerprint density at radius 2 is 2.16 bits per heavy atom. The van der Waals surface area contributed by atoms with Crippen LogP contribution >= 0.6 is 11.3 Å². The number of carbonyl (C=O) groups excluding carboxylic acids is 1. The first-order chi connectivity index (χ1) is 12.1. The summed E-state index contributed by atoms with van der Waals surface area (Å²) < 4.78 is 10.6. The Hall–Kier alpha value is -2.45. The average molecular weight is 362 g/mol. The molecule has 1 aliphatic heterocycles. The van der Waals surface area contributed by atoms with E-state index < -0.39 is 12.0 Å². The largest absolute Gasteiger partial charge is 0.494 e. The van der Waals surface area contributed by atoms with E-state index in [1.807, 2.05) is 31.2 Å². The highest BCUT2D eigenvalue weighted by Crippen LogP contribution is 2.26. The highest BCUT2D eigenvalue weighted by Gasteiger charge is 2.34. The number of carboxylic acids is 1. The molecule has 1 aliphatic rings. The van der Waals surface area contributed by atoms with E-state index in [9.17, 15) is 14.7 Å². The number of thiazole rings is 1. The molecule has 1 aromatic heterocycles. The van der Waals surface area contributed by atoms with Crippen molar-refractivity contribution in [1.82, 2.24) is 9.88 Å². The second-order valence-electron chi connectivity index (χ2n) is 5.42. The number of hydrogen-bond acceptors (Lipinski definition) is 6. The van der Waals surface area contributed by atoms with Crippen LogP contribution in [0, 0.1) is 0 Å². The van der Waals surface area contributed by atoms with Crippen molar-refractivity contribution in [2.45, 2.75) is 13.0 Å². The SMILES string of the molecule is CCOc1ccc(-c2nc(C(=O)N3CCOCC3C(=O)O)cs2)cc1. The molecule has 25 heavy (non-hydrogen) atoms. The van der Waals surface area contributed by atoms with Crippen LogP contribution in [-0.2, 0) is 9.53 Å². The first kappa shape index (κ1) is 17.4. The summed E-state index contributed by atoms with van der Waals surface area (Å²) in [6, 6.07) is 6.49. The van der Waals surface area contributed by atoms with Gasteiger partial charge in [0.15, 0.2) is 6.04 Å². The van der Waals surface area contributed by atoms with Gasteiger partial charge in [0.25, 0.3) is 5.91 Å². The summed E-state index contributed by atoms with van der Waals surface area (Å²) in [5, 5.41) is 11.6. The molecule has 1 fully saturated rings. The first-order valence-corrected chi connectivity index (χ1v) is 8.78. The quantitative estimate of drug-likeness (QED) is 0.877. The topological polar surface area (TPSA) is 89.0 Å². The number of hydrogen-bond donors (Lipinski definition) is 1. The third-order valence-electron chi connectivity index (χ3n) is 3.81. The Morgan fingerprint density at radius 3 is 2.84 bits per heavy atom. The van der Waals surface area contributed by atoms with Gasteiger partial charge in [-0.1, -0.05) is 0 Å². The number of carbonyl (C=O) groups is 2. The Morgan fingerprint density at radius 1 is 1.40 bits per heavy atom. The molecule has 1 N–H and O–H groups in total. The number of ether oxygens (including phenoxy) is 2. The third-order valence-corrected chi connectivity index (χ3v) is 4.70. The molecule has 7 nitrogen and oxygen atoms in total. The van der Waals surface area contributed by atoms with Gasteiger partial charge in [0, 0.05) is 17.5 Å². The molecule has 1 atom stereocenters. The lowest BCUT2D eigenvalue weighted by Gasteiger charge is -2.32. The molecular formula is C17H18N2O5S. The van der Waals surface area contributed by atoms with Gasteiger partial charge in [-0.15, -0.1) is 11.3 Å². The second kappa shape index (κ2) is 7.62. The van der Waals surface area contributed by atoms with Gasteiger partial charge in [-0.05, 0) is 31.2 Å². The zero-order valence-electron chi connectivity index (χ0n) is 13.7. The summed E-state index contributed by atoms with van der Waals surface area (Å²) in [6.07, 6.45) is 0. The molecule has 2 heterocycles. The van der Waals surface area contributed by atoms with Crippen molar-refractivity contribution in [2.75, 3.05) is 26.4 Å². The fraction of sp³-hybridized carbons (Fsp3) is 0.353. The van der Waals surface area contributed by atoms with Crippen LogP contribution in [0.25, 0.3) is 10.6 Å². The second-order valence-corrected chi connectivity index (χ2v) is 6.28. The van der Waals surface area contributed by atoms with Gasteiger partial charge in [-0.2, -0.15) is 0 Å². The zero-order valence-corrected chi connectivity index (χ0v) is 14.5. The van der Waals surface area contributed by atoms with Crippen molar-refractivity contribution >= 4 is 23.2 Å². The van der Waals surface area contributed by atoms with Gasteiger partial charge in [0.2, 0.25) is 0 Å². The normalized spacial score (nSPS) is 17.3. The lowest BCUT2D eigenvalue weighted by Crippen LogP contribution is -2.52. The molecule has 0 saturated carbocycles. The molecule has 0 radical (unpaired) electrons. The Balaban J connectivity index is 1.78. The van der Waals surface area contributed by atoms with Gasteiger partial charge < -0.3 is 19.5 Å². The molecule has 1 saturated heterocycles. The van der Waals surface area contributed by atoms with Gasteiger partial charge in [0.1, 0.15) is 16.5 Å². The van der Waals surface area contributed by atoms with Crippen LogP contribution in [-0.4, -0.2) is 59.3 Å². The summed E-state index contributed by atoms with van der Waals surface area (Å²) in [5.74, 6) is -0.684. The Bertz CT molecular complexity index is 759. The lowest BCUT2D eigenvalue weighted by molar-refractivity contribution is -0.147. The molecule has 0 bridgehead atoms. The van der Waals surface area contributed by atoms with Crippen LogP contribution in [0.4, 0.5) is 0 Å². The van der Waals surface area contributed by atoms with Crippen LogP contribution in [0.1, 0.15) is 17.4 Å². The van der Waals surface area contributed by atoms with Gasteiger partial charge in [-0.3, -0.25) is 4.79 Å². The minimum Gasteiger partial charge on any atom is -0.494 e. The Kier molecular flexibility index (Phi) is 5.30. The Labute approximate surface area is 148 Å². The number of aromatic nitrogens is 1. The number of amides is 1. The molecule has 8 heteroatoms. The summed E-state index contributed by atoms with van der Waals surface area (Å²) in [6.45, 7) is 3.08. The van der Waals surface area contributed by atoms with E-state index >= 15 is 0 Å². The summed E-state index contributed by atoms with van der Waals surface area (Å²) >= 11 is 1.35. The molecule has 1 amide bonds. The molecule has 0 aliphatic carbocycles. The van der Waals surface area contributed by atoms with E-state index in [-0.39, 0.29) is 24.8 Å². The maximum absolute atomic E-state index is 12.6. The smallest absolute Gasteiger partial charge is 0.328 e.